The zero-order valence-electron chi connectivity index (χ0n) is 15.2. The predicted octanol–water partition coefficient (Wildman–Crippen LogP) is 2.59. The normalized spacial score (nSPS) is 18.6. The maximum absolute atomic E-state index is 4.65. The van der Waals surface area contributed by atoms with Crippen LogP contribution in [0.2, 0.25) is 0 Å². The lowest BCUT2D eigenvalue weighted by Gasteiger charge is -2.22. The lowest BCUT2D eigenvalue weighted by Crippen LogP contribution is -2.39. The first-order chi connectivity index (χ1) is 11.0. The van der Waals surface area contributed by atoms with Crippen molar-refractivity contribution in [2.24, 2.45) is 16.8 Å². The van der Waals surface area contributed by atoms with E-state index in [9.17, 15) is 0 Å². The number of pyridine rings is 1. The standard InChI is InChI=1S/C18H31N5/c1-14(2)11-15-9-10-23(13-15)18(19-3)20-12-16-7-6-8-17(21-16)22(4)5/h6-8,14-15H,9-13H2,1-5H3,(H,19,20). The van der Waals surface area contributed by atoms with Crippen molar-refractivity contribution in [3.05, 3.63) is 23.9 Å². The Balaban J connectivity index is 1.90. The fraction of sp³-hybridized carbons (Fsp3) is 0.667. The molecule has 0 spiro atoms. The Morgan fingerprint density at radius 2 is 2.22 bits per heavy atom. The second-order valence-corrected chi connectivity index (χ2v) is 7.01. The van der Waals surface area contributed by atoms with Crippen molar-refractivity contribution in [2.45, 2.75) is 33.2 Å². The van der Waals surface area contributed by atoms with Crippen LogP contribution >= 0.6 is 0 Å². The molecular formula is C18H31N5. The zero-order chi connectivity index (χ0) is 16.8. The monoisotopic (exact) mass is 317 g/mol. The molecule has 0 saturated carbocycles. The van der Waals surface area contributed by atoms with Gasteiger partial charge in [-0.15, -0.1) is 0 Å². The quantitative estimate of drug-likeness (QED) is 0.670. The molecule has 0 radical (unpaired) electrons. The Morgan fingerprint density at radius 3 is 2.87 bits per heavy atom. The summed E-state index contributed by atoms with van der Waals surface area (Å²) in [7, 11) is 5.89. The van der Waals surface area contributed by atoms with Crippen LogP contribution in [-0.4, -0.2) is 50.1 Å². The van der Waals surface area contributed by atoms with E-state index in [1.165, 1.54) is 12.8 Å². The van der Waals surface area contributed by atoms with Crippen LogP contribution in [0, 0.1) is 11.8 Å². The minimum Gasteiger partial charge on any atom is -0.363 e. The Morgan fingerprint density at radius 1 is 1.43 bits per heavy atom. The topological polar surface area (TPSA) is 43.8 Å². The summed E-state index contributed by atoms with van der Waals surface area (Å²) in [5.41, 5.74) is 1.04. The maximum Gasteiger partial charge on any atom is 0.193 e. The van der Waals surface area contributed by atoms with E-state index >= 15 is 0 Å². The minimum atomic E-state index is 0.708. The van der Waals surface area contributed by atoms with Crippen molar-refractivity contribution in [1.29, 1.82) is 0 Å². The summed E-state index contributed by atoms with van der Waals surface area (Å²) in [5, 5.41) is 3.46. The molecule has 1 aliphatic rings. The highest BCUT2D eigenvalue weighted by Gasteiger charge is 2.25. The third-order valence-electron chi connectivity index (χ3n) is 4.28. The van der Waals surface area contributed by atoms with E-state index in [4.69, 9.17) is 0 Å². The van der Waals surface area contributed by atoms with Crippen LogP contribution in [0.4, 0.5) is 5.82 Å². The van der Waals surface area contributed by atoms with E-state index in [0.29, 0.717) is 6.54 Å². The molecule has 1 atom stereocenters. The zero-order valence-corrected chi connectivity index (χ0v) is 15.2. The summed E-state index contributed by atoms with van der Waals surface area (Å²) in [6, 6.07) is 6.13. The van der Waals surface area contributed by atoms with Gasteiger partial charge in [-0.1, -0.05) is 19.9 Å². The summed E-state index contributed by atoms with van der Waals surface area (Å²) in [6.07, 6.45) is 2.58. The van der Waals surface area contributed by atoms with Gasteiger partial charge in [0.2, 0.25) is 0 Å². The molecule has 0 aromatic carbocycles. The first-order valence-electron chi connectivity index (χ1n) is 8.58. The molecule has 1 aromatic heterocycles. The van der Waals surface area contributed by atoms with E-state index < -0.39 is 0 Å². The van der Waals surface area contributed by atoms with Gasteiger partial charge in [0.1, 0.15) is 5.82 Å². The molecule has 23 heavy (non-hydrogen) atoms. The molecular weight excluding hydrogens is 286 g/mol. The molecule has 5 heteroatoms. The summed E-state index contributed by atoms with van der Waals surface area (Å²) in [6.45, 7) is 7.53. The average molecular weight is 317 g/mol. The van der Waals surface area contributed by atoms with Crippen LogP contribution in [0.1, 0.15) is 32.4 Å². The number of aromatic nitrogens is 1. The number of hydrogen-bond acceptors (Lipinski definition) is 3. The van der Waals surface area contributed by atoms with E-state index in [0.717, 1.165) is 42.4 Å². The van der Waals surface area contributed by atoms with Gasteiger partial charge in [0.05, 0.1) is 12.2 Å². The molecule has 0 aliphatic carbocycles. The fourth-order valence-electron chi connectivity index (χ4n) is 3.20. The van der Waals surface area contributed by atoms with Gasteiger partial charge in [0.25, 0.3) is 0 Å². The van der Waals surface area contributed by atoms with Crippen LogP contribution in [0.15, 0.2) is 23.2 Å². The summed E-state index contributed by atoms with van der Waals surface area (Å²) in [5.74, 6) is 3.54. The van der Waals surface area contributed by atoms with Gasteiger partial charge in [-0.05, 0) is 36.8 Å². The second kappa shape index (κ2) is 8.18. The lowest BCUT2D eigenvalue weighted by atomic mass is 9.97. The molecule has 0 bridgehead atoms. The average Bonchev–Trinajstić information content (AvgIpc) is 2.95. The number of rotatable bonds is 5. The van der Waals surface area contributed by atoms with Crippen molar-refractivity contribution in [1.82, 2.24) is 15.2 Å². The molecule has 1 N–H and O–H groups in total. The van der Waals surface area contributed by atoms with Crippen LogP contribution in [-0.2, 0) is 6.54 Å². The van der Waals surface area contributed by atoms with Gasteiger partial charge in [-0.25, -0.2) is 4.98 Å². The molecule has 2 rings (SSSR count). The molecule has 128 valence electrons. The molecule has 1 fully saturated rings. The second-order valence-electron chi connectivity index (χ2n) is 7.01. The molecule has 1 saturated heterocycles. The number of likely N-dealkylation sites (tertiary alicyclic amines) is 1. The van der Waals surface area contributed by atoms with E-state index in [-0.39, 0.29) is 0 Å². The third kappa shape index (κ3) is 5.12. The summed E-state index contributed by atoms with van der Waals surface area (Å²) < 4.78 is 0. The molecule has 1 unspecified atom stereocenters. The van der Waals surface area contributed by atoms with Gasteiger partial charge in [0.15, 0.2) is 5.96 Å². The first-order valence-corrected chi connectivity index (χ1v) is 8.58. The van der Waals surface area contributed by atoms with Crippen molar-refractivity contribution in [3.8, 4) is 0 Å². The molecule has 1 aromatic rings. The van der Waals surface area contributed by atoms with Crippen LogP contribution < -0.4 is 10.2 Å². The number of hydrogen-bond donors (Lipinski definition) is 1. The molecule has 2 heterocycles. The molecule has 0 amide bonds. The van der Waals surface area contributed by atoms with Gasteiger partial charge in [0, 0.05) is 34.2 Å². The highest BCUT2D eigenvalue weighted by atomic mass is 15.3. The van der Waals surface area contributed by atoms with Gasteiger partial charge < -0.3 is 15.1 Å². The molecule has 1 aliphatic heterocycles. The number of anilines is 1. The van der Waals surface area contributed by atoms with Crippen LogP contribution in [0.3, 0.4) is 0 Å². The number of nitrogens with one attached hydrogen (secondary N) is 1. The van der Waals surface area contributed by atoms with Crippen LogP contribution in [0.5, 0.6) is 0 Å². The Bertz CT molecular complexity index is 524. The lowest BCUT2D eigenvalue weighted by molar-refractivity contribution is 0.403. The van der Waals surface area contributed by atoms with E-state index in [1.54, 1.807) is 0 Å². The van der Waals surface area contributed by atoms with Crippen molar-refractivity contribution >= 4 is 11.8 Å². The number of guanidine groups is 1. The predicted molar refractivity (Wildman–Crippen MR) is 97.9 cm³/mol. The van der Waals surface area contributed by atoms with Crippen LogP contribution in [0.25, 0.3) is 0 Å². The first kappa shape index (κ1) is 17.6. The highest BCUT2D eigenvalue weighted by molar-refractivity contribution is 5.80. The molecule has 5 nitrogen and oxygen atoms in total. The van der Waals surface area contributed by atoms with Gasteiger partial charge >= 0.3 is 0 Å². The van der Waals surface area contributed by atoms with Gasteiger partial charge in [-0.2, -0.15) is 0 Å². The van der Waals surface area contributed by atoms with Crippen molar-refractivity contribution in [2.75, 3.05) is 39.1 Å². The smallest absolute Gasteiger partial charge is 0.193 e. The Labute approximate surface area is 140 Å². The van der Waals surface area contributed by atoms with E-state index in [1.807, 2.05) is 32.1 Å². The number of aliphatic imine (C=N–C) groups is 1. The highest BCUT2D eigenvalue weighted by Crippen LogP contribution is 2.23. The minimum absolute atomic E-state index is 0.708. The van der Waals surface area contributed by atoms with E-state index in [2.05, 4.69) is 46.2 Å². The third-order valence-corrected chi connectivity index (χ3v) is 4.28. The maximum atomic E-state index is 4.65. The Kier molecular flexibility index (Phi) is 6.25. The summed E-state index contributed by atoms with van der Waals surface area (Å²) >= 11 is 0. The summed E-state index contributed by atoms with van der Waals surface area (Å²) in [4.78, 5) is 13.5. The largest absolute Gasteiger partial charge is 0.363 e. The fourth-order valence-corrected chi connectivity index (χ4v) is 3.20. The van der Waals surface area contributed by atoms with Crippen molar-refractivity contribution in [3.63, 3.8) is 0 Å². The Hall–Kier alpha value is -1.78. The van der Waals surface area contributed by atoms with Crippen molar-refractivity contribution < 1.29 is 0 Å². The van der Waals surface area contributed by atoms with Gasteiger partial charge in [-0.3, -0.25) is 4.99 Å². The number of nitrogens with zero attached hydrogens (tertiary/aromatic N) is 4. The SMILES string of the molecule is CN=C(NCc1cccc(N(C)C)n1)N1CCC(CC(C)C)C1.